The molecule has 0 fully saturated rings. The van der Waals surface area contributed by atoms with Gasteiger partial charge in [0.2, 0.25) is 0 Å². The van der Waals surface area contributed by atoms with Crippen LogP contribution in [0, 0.1) is 5.92 Å². The molecule has 108 valence electrons. The first kappa shape index (κ1) is 15.0. The van der Waals surface area contributed by atoms with Crippen molar-refractivity contribution in [2.75, 3.05) is 0 Å². The van der Waals surface area contributed by atoms with E-state index >= 15 is 0 Å². The number of benzene rings is 2. The van der Waals surface area contributed by atoms with Crippen molar-refractivity contribution in [3.05, 3.63) is 59.7 Å². The summed E-state index contributed by atoms with van der Waals surface area (Å²) in [5.74, 6) is -1.05. The third-order valence-electron chi connectivity index (χ3n) is 3.46. The molecule has 0 bridgehead atoms. The van der Waals surface area contributed by atoms with Crippen LogP contribution < -0.4 is 0 Å². The number of carbonyl (C=O) groups is 2. The van der Waals surface area contributed by atoms with Crippen LogP contribution in [-0.2, 0) is 11.2 Å². The summed E-state index contributed by atoms with van der Waals surface area (Å²) in [6.45, 7) is 3.64. The monoisotopic (exact) mass is 282 g/mol. The average molecular weight is 282 g/mol. The predicted molar refractivity (Wildman–Crippen MR) is 82.4 cm³/mol. The number of carbonyl (C=O) groups excluding carboxylic acids is 1. The Balaban J connectivity index is 2.41. The Hall–Kier alpha value is -2.42. The van der Waals surface area contributed by atoms with Gasteiger partial charge in [-0.3, -0.25) is 4.79 Å². The molecule has 3 heteroatoms. The quantitative estimate of drug-likeness (QED) is 0.907. The lowest BCUT2D eigenvalue weighted by molar-refractivity contribution is -0.121. The number of Topliss-reactive ketones (excluding diaryl/α,β-unsaturated/α-hetero) is 1. The van der Waals surface area contributed by atoms with Gasteiger partial charge in [0.1, 0.15) is 5.78 Å². The SMILES string of the molecule is CC(C)C(=O)Cc1ccc(-c2ccccc2)cc1C(=O)O. The van der Waals surface area contributed by atoms with Gasteiger partial charge in [-0.1, -0.05) is 56.3 Å². The molecule has 0 aliphatic rings. The molecule has 0 atom stereocenters. The van der Waals surface area contributed by atoms with Gasteiger partial charge in [-0.15, -0.1) is 0 Å². The second-order valence-electron chi connectivity index (χ2n) is 5.34. The minimum atomic E-state index is -1.00. The molecule has 0 spiro atoms. The molecule has 3 nitrogen and oxygen atoms in total. The van der Waals surface area contributed by atoms with E-state index in [-0.39, 0.29) is 23.7 Å². The van der Waals surface area contributed by atoms with Gasteiger partial charge in [0.15, 0.2) is 0 Å². The lowest BCUT2D eigenvalue weighted by Gasteiger charge is -2.10. The molecule has 0 saturated heterocycles. The molecule has 21 heavy (non-hydrogen) atoms. The Morgan fingerprint density at radius 3 is 2.24 bits per heavy atom. The minimum Gasteiger partial charge on any atom is -0.478 e. The fraction of sp³-hybridized carbons (Fsp3) is 0.222. The first-order valence-electron chi connectivity index (χ1n) is 6.93. The summed E-state index contributed by atoms with van der Waals surface area (Å²) in [6.07, 6.45) is 0.161. The zero-order valence-electron chi connectivity index (χ0n) is 12.2. The van der Waals surface area contributed by atoms with Gasteiger partial charge in [-0.05, 0) is 22.8 Å². The first-order valence-corrected chi connectivity index (χ1v) is 6.93. The van der Waals surface area contributed by atoms with Crippen molar-refractivity contribution in [1.82, 2.24) is 0 Å². The van der Waals surface area contributed by atoms with Gasteiger partial charge < -0.3 is 5.11 Å². The predicted octanol–water partition coefficient (Wildman–Crippen LogP) is 3.82. The highest BCUT2D eigenvalue weighted by Crippen LogP contribution is 2.23. The topological polar surface area (TPSA) is 54.4 Å². The number of ketones is 1. The standard InChI is InChI=1S/C18H18O3/c1-12(2)17(19)11-15-9-8-14(10-16(15)18(20)21)13-6-4-3-5-7-13/h3-10,12H,11H2,1-2H3,(H,20,21). The van der Waals surface area contributed by atoms with Crippen LogP contribution in [0.2, 0.25) is 0 Å². The Morgan fingerprint density at radius 1 is 1.00 bits per heavy atom. The van der Waals surface area contributed by atoms with E-state index < -0.39 is 5.97 Å². The highest BCUT2D eigenvalue weighted by molar-refractivity contribution is 5.94. The second kappa shape index (κ2) is 6.35. The van der Waals surface area contributed by atoms with Crippen LogP contribution in [0.3, 0.4) is 0 Å². The molecule has 2 aromatic rings. The zero-order valence-corrected chi connectivity index (χ0v) is 12.2. The van der Waals surface area contributed by atoms with Crippen molar-refractivity contribution in [3.8, 4) is 11.1 Å². The Kier molecular flexibility index (Phi) is 4.53. The van der Waals surface area contributed by atoms with E-state index in [0.717, 1.165) is 11.1 Å². The minimum absolute atomic E-state index is 0.0463. The Bertz CT molecular complexity index is 657. The van der Waals surface area contributed by atoms with Gasteiger partial charge in [0.25, 0.3) is 0 Å². The summed E-state index contributed by atoms with van der Waals surface area (Å²) in [7, 11) is 0. The van der Waals surface area contributed by atoms with E-state index in [1.165, 1.54) is 0 Å². The molecule has 0 saturated carbocycles. The van der Waals surface area contributed by atoms with Crippen LogP contribution in [0.4, 0.5) is 0 Å². The van der Waals surface area contributed by atoms with Crippen molar-refractivity contribution >= 4 is 11.8 Å². The number of rotatable bonds is 5. The van der Waals surface area contributed by atoms with E-state index in [1.807, 2.05) is 50.2 Å². The summed E-state index contributed by atoms with van der Waals surface area (Å²) >= 11 is 0. The number of carboxylic acids is 1. The molecule has 2 rings (SSSR count). The summed E-state index contributed by atoms with van der Waals surface area (Å²) in [5.41, 5.74) is 2.57. The van der Waals surface area contributed by atoms with Crippen LogP contribution in [0.1, 0.15) is 29.8 Å². The maximum atomic E-state index is 11.8. The highest BCUT2D eigenvalue weighted by Gasteiger charge is 2.16. The second-order valence-corrected chi connectivity index (χ2v) is 5.34. The summed E-state index contributed by atoms with van der Waals surface area (Å²) in [4.78, 5) is 23.3. The Morgan fingerprint density at radius 2 is 1.67 bits per heavy atom. The lowest BCUT2D eigenvalue weighted by atomic mass is 9.94. The van der Waals surface area contributed by atoms with Crippen molar-refractivity contribution in [1.29, 1.82) is 0 Å². The fourth-order valence-corrected chi connectivity index (χ4v) is 2.13. The molecule has 0 aliphatic heterocycles. The van der Waals surface area contributed by atoms with Crippen LogP contribution in [-0.4, -0.2) is 16.9 Å². The first-order chi connectivity index (χ1) is 9.99. The smallest absolute Gasteiger partial charge is 0.335 e. The number of hydrogen-bond acceptors (Lipinski definition) is 2. The van der Waals surface area contributed by atoms with Gasteiger partial charge in [-0.25, -0.2) is 4.79 Å². The summed E-state index contributed by atoms with van der Waals surface area (Å²) in [5, 5.41) is 9.38. The van der Waals surface area contributed by atoms with E-state index in [4.69, 9.17) is 0 Å². The largest absolute Gasteiger partial charge is 0.478 e. The molecule has 0 heterocycles. The van der Waals surface area contributed by atoms with Gasteiger partial charge in [-0.2, -0.15) is 0 Å². The molecular weight excluding hydrogens is 264 g/mol. The van der Waals surface area contributed by atoms with Crippen molar-refractivity contribution < 1.29 is 14.7 Å². The highest BCUT2D eigenvalue weighted by atomic mass is 16.4. The zero-order chi connectivity index (χ0) is 15.4. The number of hydrogen-bond donors (Lipinski definition) is 1. The van der Waals surface area contributed by atoms with E-state index in [9.17, 15) is 14.7 Å². The van der Waals surface area contributed by atoms with Gasteiger partial charge >= 0.3 is 5.97 Å². The molecule has 0 aliphatic carbocycles. The molecule has 0 radical (unpaired) electrons. The third kappa shape index (κ3) is 3.57. The van der Waals surface area contributed by atoms with E-state index in [0.29, 0.717) is 5.56 Å². The van der Waals surface area contributed by atoms with Gasteiger partial charge in [0, 0.05) is 12.3 Å². The number of carboxylic acid groups (broad SMARTS) is 1. The van der Waals surface area contributed by atoms with Crippen LogP contribution in [0.5, 0.6) is 0 Å². The molecule has 0 unspecified atom stereocenters. The third-order valence-corrected chi connectivity index (χ3v) is 3.46. The van der Waals surface area contributed by atoms with Crippen LogP contribution in [0.25, 0.3) is 11.1 Å². The lowest BCUT2D eigenvalue weighted by Crippen LogP contribution is -2.13. The van der Waals surface area contributed by atoms with Crippen LogP contribution >= 0.6 is 0 Å². The van der Waals surface area contributed by atoms with E-state index in [1.54, 1.807) is 12.1 Å². The maximum Gasteiger partial charge on any atom is 0.335 e. The molecular formula is C18H18O3. The van der Waals surface area contributed by atoms with Crippen molar-refractivity contribution in [2.24, 2.45) is 5.92 Å². The molecule has 2 aromatic carbocycles. The van der Waals surface area contributed by atoms with Crippen molar-refractivity contribution in [3.63, 3.8) is 0 Å². The van der Waals surface area contributed by atoms with Crippen molar-refractivity contribution in [2.45, 2.75) is 20.3 Å². The molecule has 0 aromatic heterocycles. The molecule has 0 amide bonds. The Labute approximate surface area is 124 Å². The summed E-state index contributed by atoms with van der Waals surface area (Å²) < 4.78 is 0. The van der Waals surface area contributed by atoms with E-state index in [2.05, 4.69) is 0 Å². The van der Waals surface area contributed by atoms with Crippen LogP contribution in [0.15, 0.2) is 48.5 Å². The summed E-state index contributed by atoms with van der Waals surface area (Å²) in [6, 6.07) is 14.8. The van der Waals surface area contributed by atoms with Gasteiger partial charge in [0.05, 0.1) is 5.56 Å². The maximum absolute atomic E-state index is 11.8. The fourth-order valence-electron chi connectivity index (χ4n) is 2.13. The number of aromatic carboxylic acids is 1. The average Bonchev–Trinajstić information content (AvgIpc) is 2.48. The normalized spacial score (nSPS) is 10.6. The molecule has 1 N–H and O–H groups in total.